The number of hydrogen-bond donors (Lipinski definition) is 2. The van der Waals surface area contributed by atoms with Crippen molar-refractivity contribution < 1.29 is 9.59 Å². The molecule has 1 aromatic carbocycles. The van der Waals surface area contributed by atoms with Crippen LogP contribution in [0.1, 0.15) is 38.4 Å². The third-order valence-electron chi connectivity index (χ3n) is 4.98. The Morgan fingerprint density at radius 2 is 1.70 bits per heavy atom. The Morgan fingerprint density at radius 3 is 2.30 bits per heavy atom. The van der Waals surface area contributed by atoms with E-state index in [1.54, 1.807) is 23.5 Å². The van der Waals surface area contributed by atoms with Crippen LogP contribution < -0.4 is 10.6 Å². The Labute approximate surface area is 182 Å². The Bertz CT molecular complexity index is 882. The largest absolute Gasteiger partial charge is 0.326 e. The normalized spacial score (nSPS) is 15.7. The van der Waals surface area contributed by atoms with Gasteiger partial charge in [0.15, 0.2) is 0 Å². The minimum absolute atomic E-state index is 0.0434. The maximum Gasteiger partial charge on any atom is 0.238 e. The number of nitrogens with zero attached hydrogens (tertiary/aromatic N) is 3. The van der Waals surface area contributed by atoms with Crippen molar-refractivity contribution in [2.24, 2.45) is 0 Å². The molecule has 2 amide bonds. The van der Waals surface area contributed by atoms with Gasteiger partial charge >= 0.3 is 0 Å². The molecule has 0 spiro atoms. The molecule has 0 radical (unpaired) electrons. The van der Waals surface area contributed by atoms with E-state index >= 15 is 0 Å². The molecule has 0 atom stereocenters. The minimum Gasteiger partial charge on any atom is -0.326 e. The van der Waals surface area contributed by atoms with E-state index in [9.17, 15) is 9.59 Å². The number of rotatable bonds is 6. The summed E-state index contributed by atoms with van der Waals surface area (Å²) >= 11 is 1.73. The van der Waals surface area contributed by atoms with Crippen LogP contribution in [0, 0.1) is 0 Å². The SMILES string of the molecule is CC(=O)Nc1cccc(NC(=O)CN2CCN(Cc3nc(C(C)(C)C)cs3)CC2)c1. The summed E-state index contributed by atoms with van der Waals surface area (Å²) in [5.41, 5.74) is 2.59. The van der Waals surface area contributed by atoms with Gasteiger partial charge in [-0.2, -0.15) is 0 Å². The second-order valence-electron chi connectivity index (χ2n) is 8.74. The highest BCUT2D eigenvalue weighted by molar-refractivity contribution is 7.09. The highest BCUT2D eigenvalue weighted by atomic mass is 32.1. The molecule has 1 fully saturated rings. The lowest BCUT2D eigenvalue weighted by Crippen LogP contribution is -2.48. The predicted molar refractivity (Wildman–Crippen MR) is 122 cm³/mol. The van der Waals surface area contributed by atoms with E-state index in [-0.39, 0.29) is 17.2 Å². The second kappa shape index (κ2) is 9.68. The molecule has 1 aliphatic heterocycles. The Morgan fingerprint density at radius 1 is 1.07 bits per heavy atom. The summed E-state index contributed by atoms with van der Waals surface area (Å²) in [6.07, 6.45) is 0. The standard InChI is InChI=1S/C22H31N5O2S/c1-16(28)23-17-6-5-7-18(12-17)24-20(29)13-26-8-10-27(11-9-26)14-21-25-19(15-30-21)22(2,3)4/h5-7,12,15H,8-11,13-14H2,1-4H3,(H,23,28)(H,24,29). The molecular weight excluding hydrogens is 398 g/mol. The number of hydrogen-bond acceptors (Lipinski definition) is 6. The summed E-state index contributed by atoms with van der Waals surface area (Å²) in [6.45, 7) is 12.8. The van der Waals surface area contributed by atoms with E-state index in [1.807, 2.05) is 12.1 Å². The molecule has 8 heteroatoms. The van der Waals surface area contributed by atoms with E-state index in [0.717, 1.165) is 43.4 Å². The Balaban J connectivity index is 1.44. The quantitative estimate of drug-likeness (QED) is 0.738. The zero-order chi connectivity index (χ0) is 21.7. The van der Waals surface area contributed by atoms with Crippen LogP contribution in [0.15, 0.2) is 29.6 Å². The average Bonchev–Trinajstić information content (AvgIpc) is 3.12. The summed E-state index contributed by atoms with van der Waals surface area (Å²) < 4.78 is 0. The van der Waals surface area contributed by atoms with Crippen LogP contribution in [-0.4, -0.2) is 59.3 Å². The van der Waals surface area contributed by atoms with E-state index in [1.165, 1.54) is 6.92 Å². The van der Waals surface area contributed by atoms with Crippen molar-refractivity contribution in [3.8, 4) is 0 Å². The summed E-state index contributed by atoms with van der Waals surface area (Å²) in [4.78, 5) is 33.0. The number of nitrogens with one attached hydrogen (secondary N) is 2. The molecule has 1 aromatic heterocycles. The lowest BCUT2D eigenvalue weighted by molar-refractivity contribution is -0.117. The number of benzene rings is 1. The molecule has 0 bridgehead atoms. The van der Waals surface area contributed by atoms with Crippen molar-refractivity contribution in [2.45, 2.75) is 39.7 Å². The van der Waals surface area contributed by atoms with Crippen molar-refractivity contribution in [3.05, 3.63) is 40.3 Å². The van der Waals surface area contributed by atoms with E-state index in [0.29, 0.717) is 17.9 Å². The fourth-order valence-electron chi connectivity index (χ4n) is 3.31. The number of carbonyl (C=O) groups is 2. The third kappa shape index (κ3) is 6.62. The van der Waals surface area contributed by atoms with Crippen LogP contribution in [0.25, 0.3) is 0 Å². The Hall–Kier alpha value is -2.29. The van der Waals surface area contributed by atoms with Crippen LogP contribution in [0.3, 0.4) is 0 Å². The first-order valence-electron chi connectivity index (χ1n) is 10.3. The van der Waals surface area contributed by atoms with Gasteiger partial charge in [-0.3, -0.25) is 19.4 Å². The van der Waals surface area contributed by atoms with Crippen molar-refractivity contribution in [3.63, 3.8) is 0 Å². The molecule has 7 nitrogen and oxygen atoms in total. The van der Waals surface area contributed by atoms with Gasteiger partial charge in [-0.05, 0) is 18.2 Å². The van der Waals surface area contributed by atoms with Gasteiger partial charge in [-0.25, -0.2) is 4.98 Å². The molecule has 0 aliphatic carbocycles. The smallest absolute Gasteiger partial charge is 0.238 e. The van der Waals surface area contributed by atoms with Gasteiger partial charge in [-0.15, -0.1) is 11.3 Å². The number of carbonyl (C=O) groups excluding carboxylic acids is 2. The van der Waals surface area contributed by atoms with Gasteiger partial charge in [0.2, 0.25) is 11.8 Å². The molecule has 0 saturated carbocycles. The second-order valence-corrected chi connectivity index (χ2v) is 9.68. The summed E-state index contributed by atoms with van der Waals surface area (Å²) in [6, 6.07) is 7.19. The monoisotopic (exact) mass is 429 g/mol. The predicted octanol–water partition coefficient (Wildman–Crippen LogP) is 3.16. The molecule has 1 saturated heterocycles. The van der Waals surface area contributed by atoms with E-state index in [4.69, 9.17) is 4.98 Å². The van der Waals surface area contributed by atoms with Gasteiger partial charge in [0.1, 0.15) is 5.01 Å². The zero-order valence-corrected chi connectivity index (χ0v) is 19.0. The first-order chi connectivity index (χ1) is 14.2. The van der Waals surface area contributed by atoms with Gasteiger partial charge in [0.25, 0.3) is 0 Å². The average molecular weight is 430 g/mol. The lowest BCUT2D eigenvalue weighted by Gasteiger charge is -2.33. The minimum atomic E-state index is -0.135. The van der Waals surface area contributed by atoms with Crippen LogP contribution in [-0.2, 0) is 21.5 Å². The molecule has 30 heavy (non-hydrogen) atoms. The highest BCUT2D eigenvalue weighted by Crippen LogP contribution is 2.24. The fraction of sp³-hybridized carbons (Fsp3) is 0.500. The van der Waals surface area contributed by atoms with Gasteiger partial charge in [-0.1, -0.05) is 26.8 Å². The number of thiazole rings is 1. The number of amides is 2. The number of piperazine rings is 1. The van der Waals surface area contributed by atoms with Crippen molar-refractivity contribution in [2.75, 3.05) is 43.4 Å². The van der Waals surface area contributed by atoms with Crippen LogP contribution in [0.4, 0.5) is 11.4 Å². The summed E-state index contributed by atoms with van der Waals surface area (Å²) in [5, 5.41) is 8.96. The van der Waals surface area contributed by atoms with Gasteiger partial charge in [0.05, 0.1) is 18.8 Å². The van der Waals surface area contributed by atoms with Crippen molar-refractivity contribution in [1.29, 1.82) is 0 Å². The first-order valence-corrected chi connectivity index (χ1v) is 11.1. The number of anilines is 2. The molecule has 2 aromatic rings. The van der Waals surface area contributed by atoms with Crippen LogP contribution in [0.2, 0.25) is 0 Å². The molecule has 0 unspecified atom stereocenters. The van der Waals surface area contributed by atoms with Crippen molar-refractivity contribution >= 4 is 34.5 Å². The molecular formula is C22H31N5O2S. The van der Waals surface area contributed by atoms with E-state index < -0.39 is 0 Å². The molecule has 3 rings (SSSR count). The summed E-state index contributed by atoms with van der Waals surface area (Å²) in [5.74, 6) is -0.179. The first kappa shape index (κ1) is 22.4. The maximum atomic E-state index is 12.4. The van der Waals surface area contributed by atoms with E-state index in [2.05, 4.69) is 46.6 Å². The molecule has 2 N–H and O–H groups in total. The molecule has 2 heterocycles. The highest BCUT2D eigenvalue weighted by Gasteiger charge is 2.22. The van der Waals surface area contributed by atoms with Crippen LogP contribution >= 0.6 is 11.3 Å². The molecule has 1 aliphatic rings. The topological polar surface area (TPSA) is 77.6 Å². The third-order valence-corrected chi connectivity index (χ3v) is 5.81. The van der Waals surface area contributed by atoms with Crippen molar-refractivity contribution in [1.82, 2.24) is 14.8 Å². The van der Waals surface area contributed by atoms with Gasteiger partial charge in [0, 0.05) is 55.3 Å². The maximum absolute atomic E-state index is 12.4. The number of aromatic nitrogens is 1. The van der Waals surface area contributed by atoms with Crippen LogP contribution in [0.5, 0.6) is 0 Å². The fourth-order valence-corrected chi connectivity index (χ4v) is 4.37. The van der Waals surface area contributed by atoms with Gasteiger partial charge < -0.3 is 10.6 Å². The molecule has 162 valence electrons. The lowest BCUT2D eigenvalue weighted by atomic mass is 9.93. The summed E-state index contributed by atoms with van der Waals surface area (Å²) in [7, 11) is 0. The zero-order valence-electron chi connectivity index (χ0n) is 18.2. The Kier molecular flexibility index (Phi) is 7.23.